The minimum Gasteiger partial charge on any atom is -0.472 e. The first-order valence-electron chi connectivity index (χ1n) is 16.8. The number of aldehydes is 1. The highest BCUT2D eigenvalue weighted by molar-refractivity contribution is 5.90. The highest BCUT2D eigenvalue weighted by atomic mass is 16.8. The molecule has 4 aliphatic heterocycles. The third kappa shape index (κ3) is 7.63. The lowest BCUT2D eigenvalue weighted by atomic mass is 9.82. The Morgan fingerprint density at radius 2 is 1.35 bits per heavy atom. The fraction of sp³-hybridized carbons (Fsp3) is 0.727. The lowest BCUT2D eigenvalue weighted by Crippen LogP contribution is -2.60. The zero-order valence-corrected chi connectivity index (χ0v) is 28.3. The van der Waals surface area contributed by atoms with Gasteiger partial charge in [0.15, 0.2) is 12.6 Å². The van der Waals surface area contributed by atoms with Crippen LogP contribution in [0.15, 0.2) is 36.3 Å². The molecule has 1 aliphatic carbocycles. The predicted octanol–water partition coefficient (Wildman–Crippen LogP) is -3.54. The monoisotopic (exact) mass is 746 g/mol. The number of carbonyl (C=O) groups excluding carboxylic acids is 3. The molecule has 5 rings (SSSR count). The Hall–Kier alpha value is -3.05. The summed E-state index contributed by atoms with van der Waals surface area (Å²) in [5.41, 5.74) is 0.0485. The van der Waals surface area contributed by atoms with E-state index >= 15 is 0 Å². The first kappa shape index (κ1) is 40.1. The number of rotatable bonds is 12. The zero-order valence-electron chi connectivity index (χ0n) is 28.3. The van der Waals surface area contributed by atoms with E-state index < -0.39 is 135 Å². The van der Waals surface area contributed by atoms with Gasteiger partial charge in [0.05, 0.1) is 44.0 Å². The molecule has 4 heterocycles. The van der Waals surface area contributed by atoms with E-state index in [0.717, 1.165) is 12.5 Å². The van der Waals surface area contributed by atoms with E-state index in [-0.39, 0.29) is 24.0 Å². The first-order valence-corrected chi connectivity index (χ1v) is 16.8. The number of esters is 2. The lowest BCUT2D eigenvalue weighted by molar-refractivity contribution is -0.342. The largest absolute Gasteiger partial charge is 0.472 e. The summed E-state index contributed by atoms with van der Waals surface area (Å²) in [5.74, 6) is -5.39. The molecular formula is C33H46O19. The summed E-state index contributed by atoms with van der Waals surface area (Å²) in [7, 11) is 1.18. The third-order valence-corrected chi connectivity index (χ3v) is 10.5. The van der Waals surface area contributed by atoms with Crippen molar-refractivity contribution in [2.45, 2.75) is 99.9 Å². The molecule has 0 aromatic carbocycles. The maximum Gasteiger partial charge on any atom is 0.337 e. The van der Waals surface area contributed by atoms with Crippen LogP contribution in [0.5, 0.6) is 0 Å². The molecule has 19 heteroatoms. The van der Waals surface area contributed by atoms with Crippen LogP contribution in [0.2, 0.25) is 0 Å². The molecule has 0 radical (unpaired) electrons. The van der Waals surface area contributed by atoms with Crippen LogP contribution in [0.25, 0.3) is 0 Å². The van der Waals surface area contributed by atoms with E-state index in [4.69, 9.17) is 37.9 Å². The molecule has 0 amide bonds. The summed E-state index contributed by atoms with van der Waals surface area (Å²) in [5, 5.41) is 80.8. The summed E-state index contributed by atoms with van der Waals surface area (Å²) in [6.45, 7) is 4.09. The molecule has 0 bridgehead atoms. The molecule has 19 nitrogen and oxygen atoms in total. The van der Waals surface area contributed by atoms with Crippen LogP contribution >= 0.6 is 0 Å². The molecule has 52 heavy (non-hydrogen) atoms. The second-order valence-electron chi connectivity index (χ2n) is 13.4. The SMILES string of the molecule is C=C[C@H]1[C@H](O[C@@H]2O[C@H](CO)[C@@H](O)[C@H](O)[C@H]2O)OC=C(C(=O)O[C@H]2C[C@@H]3C(C(=O)OC)=CO[C@@H](O[C@@H]4O[C@H](CO)[C@@H](O)[C@H](O)[C@H]4O)[C@@H]3[C@H]2C)[C@H]1CC=O. The minimum atomic E-state index is -1.75. The van der Waals surface area contributed by atoms with Gasteiger partial charge >= 0.3 is 11.9 Å². The smallest absolute Gasteiger partial charge is 0.337 e. The van der Waals surface area contributed by atoms with Crippen molar-refractivity contribution in [3.63, 3.8) is 0 Å². The fourth-order valence-corrected chi connectivity index (χ4v) is 7.45. The van der Waals surface area contributed by atoms with Gasteiger partial charge < -0.3 is 83.5 Å². The number of methoxy groups -OCH3 is 1. The van der Waals surface area contributed by atoms with Crippen LogP contribution in [-0.2, 0) is 52.3 Å². The maximum absolute atomic E-state index is 13.8. The number of hydrogen-bond acceptors (Lipinski definition) is 19. The second-order valence-corrected chi connectivity index (χ2v) is 13.4. The number of carbonyl (C=O) groups is 3. The van der Waals surface area contributed by atoms with Crippen molar-refractivity contribution >= 4 is 18.2 Å². The van der Waals surface area contributed by atoms with Crippen molar-refractivity contribution in [3.8, 4) is 0 Å². The van der Waals surface area contributed by atoms with Gasteiger partial charge in [-0.2, -0.15) is 0 Å². The number of aliphatic hydroxyl groups is 8. The van der Waals surface area contributed by atoms with E-state index in [1.807, 2.05) is 0 Å². The second kappa shape index (κ2) is 17.0. The molecule has 2 saturated heterocycles. The van der Waals surface area contributed by atoms with E-state index in [9.17, 15) is 55.2 Å². The van der Waals surface area contributed by atoms with E-state index in [2.05, 4.69) is 6.58 Å². The molecule has 0 unspecified atom stereocenters. The first-order chi connectivity index (χ1) is 24.8. The van der Waals surface area contributed by atoms with Gasteiger partial charge in [0.1, 0.15) is 61.2 Å². The topological polar surface area (TPSA) is 287 Å². The Bertz CT molecular complexity index is 1350. The van der Waals surface area contributed by atoms with Gasteiger partial charge in [-0.05, 0) is 6.42 Å². The standard InChI is InChI=1S/C33H46O19/c1-4-13-14(5-6-34)16(10-46-30(13)51-32-26(41)24(39)22(37)19(8-35)49-32)29(44)48-18-7-15-17(28(43)45-3)11-47-31(21(15)12(18)2)52-33-27(42)25(40)23(38)20(9-36)50-33/h4,6,10-15,18-27,30-33,35-42H,1,5,7-9H2,2-3H3/t12-,13+,14-,15+,18-,19+,20+,21+,22+,23+,24-,25-,26+,27+,30-,31-,32-,33-/m0/s1. The molecule has 1 saturated carbocycles. The Morgan fingerprint density at radius 1 is 0.808 bits per heavy atom. The Kier molecular flexibility index (Phi) is 13.1. The summed E-state index contributed by atoms with van der Waals surface area (Å²) in [4.78, 5) is 38.3. The van der Waals surface area contributed by atoms with Gasteiger partial charge in [-0.25, -0.2) is 9.59 Å². The van der Waals surface area contributed by atoms with E-state index in [0.29, 0.717) is 6.29 Å². The quantitative estimate of drug-likeness (QED) is 0.0545. The maximum atomic E-state index is 13.8. The molecule has 292 valence electrons. The highest BCUT2D eigenvalue weighted by Gasteiger charge is 2.55. The molecule has 0 spiro atoms. The lowest BCUT2D eigenvalue weighted by Gasteiger charge is -2.43. The van der Waals surface area contributed by atoms with Crippen LogP contribution < -0.4 is 0 Å². The van der Waals surface area contributed by atoms with Crippen molar-refractivity contribution in [3.05, 3.63) is 36.3 Å². The minimum absolute atomic E-state index is 0.0678. The third-order valence-electron chi connectivity index (χ3n) is 10.5. The van der Waals surface area contributed by atoms with Crippen LogP contribution in [-0.4, -0.2) is 159 Å². The number of hydrogen-bond donors (Lipinski definition) is 8. The molecule has 18 atom stereocenters. The summed E-state index contributed by atoms with van der Waals surface area (Å²) in [6, 6.07) is 0. The van der Waals surface area contributed by atoms with Gasteiger partial charge in [0.2, 0.25) is 12.6 Å². The molecular weight excluding hydrogens is 700 g/mol. The molecule has 0 aromatic heterocycles. The van der Waals surface area contributed by atoms with Crippen molar-refractivity contribution in [1.29, 1.82) is 0 Å². The van der Waals surface area contributed by atoms with Crippen molar-refractivity contribution in [1.82, 2.24) is 0 Å². The highest BCUT2D eigenvalue weighted by Crippen LogP contribution is 2.49. The number of ether oxygens (including phenoxy) is 8. The fourth-order valence-electron chi connectivity index (χ4n) is 7.45. The molecule has 5 aliphatic rings. The number of aliphatic hydroxyl groups excluding tert-OH is 8. The van der Waals surface area contributed by atoms with Gasteiger partial charge in [0, 0.05) is 36.0 Å². The molecule has 3 fully saturated rings. The van der Waals surface area contributed by atoms with Crippen molar-refractivity contribution < 1.29 is 93.1 Å². The molecule has 8 N–H and O–H groups in total. The Labute approximate surface area is 297 Å². The van der Waals surface area contributed by atoms with Crippen LogP contribution in [0, 0.1) is 29.6 Å². The van der Waals surface area contributed by atoms with Crippen molar-refractivity contribution in [2.75, 3.05) is 20.3 Å². The van der Waals surface area contributed by atoms with Gasteiger partial charge in [0.25, 0.3) is 0 Å². The summed E-state index contributed by atoms with van der Waals surface area (Å²) < 4.78 is 44.9. The summed E-state index contributed by atoms with van der Waals surface area (Å²) in [6.07, 6.45) is -15.4. The van der Waals surface area contributed by atoms with Gasteiger partial charge in [-0.1, -0.05) is 13.0 Å². The Morgan fingerprint density at radius 3 is 1.87 bits per heavy atom. The van der Waals surface area contributed by atoms with Crippen molar-refractivity contribution in [2.24, 2.45) is 29.6 Å². The normalized spacial score (nSPS) is 44.6. The number of fused-ring (bicyclic) bond motifs is 1. The zero-order chi connectivity index (χ0) is 38.0. The van der Waals surface area contributed by atoms with Crippen LogP contribution in [0.4, 0.5) is 0 Å². The predicted molar refractivity (Wildman–Crippen MR) is 166 cm³/mol. The summed E-state index contributed by atoms with van der Waals surface area (Å²) >= 11 is 0. The van der Waals surface area contributed by atoms with Gasteiger partial charge in [-0.3, -0.25) is 0 Å². The van der Waals surface area contributed by atoms with Gasteiger partial charge in [-0.15, -0.1) is 6.58 Å². The average Bonchev–Trinajstić information content (AvgIpc) is 3.47. The Balaban J connectivity index is 1.34. The van der Waals surface area contributed by atoms with E-state index in [1.165, 1.54) is 13.2 Å². The average molecular weight is 747 g/mol. The van der Waals surface area contributed by atoms with Crippen LogP contribution in [0.3, 0.4) is 0 Å². The van der Waals surface area contributed by atoms with E-state index in [1.54, 1.807) is 6.92 Å². The molecule has 0 aromatic rings. The van der Waals surface area contributed by atoms with Crippen LogP contribution in [0.1, 0.15) is 19.8 Å².